The van der Waals surface area contributed by atoms with Gasteiger partial charge in [-0.1, -0.05) is 27.2 Å². The van der Waals surface area contributed by atoms with Crippen LogP contribution in [0.2, 0.25) is 0 Å². The highest BCUT2D eigenvalue weighted by Crippen LogP contribution is 2.17. The van der Waals surface area contributed by atoms with Crippen molar-refractivity contribution in [1.29, 1.82) is 0 Å². The normalized spacial score (nSPS) is 16.8. The van der Waals surface area contributed by atoms with Crippen molar-refractivity contribution in [3.8, 4) is 0 Å². The molecule has 0 saturated carbocycles. The second kappa shape index (κ2) is 7.96. The highest BCUT2D eigenvalue weighted by Gasteiger charge is 2.29. The van der Waals surface area contributed by atoms with Crippen LogP contribution in [0.1, 0.15) is 40.5 Å². The summed E-state index contributed by atoms with van der Waals surface area (Å²) < 4.78 is 0. The minimum Gasteiger partial charge on any atom is -0.368 e. The van der Waals surface area contributed by atoms with E-state index < -0.39 is 5.54 Å². The van der Waals surface area contributed by atoms with Crippen molar-refractivity contribution in [1.82, 2.24) is 5.32 Å². The van der Waals surface area contributed by atoms with Crippen LogP contribution in [-0.4, -0.2) is 29.5 Å². The Hall–Kier alpha value is -0.220. The van der Waals surface area contributed by atoms with Crippen molar-refractivity contribution in [2.24, 2.45) is 11.7 Å². The van der Waals surface area contributed by atoms with E-state index in [1.54, 1.807) is 0 Å². The lowest BCUT2D eigenvalue weighted by atomic mass is 9.98. The fourth-order valence-electron chi connectivity index (χ4n) is 1.37. The number of amides is 1. The third-order valence-electron chi connectivity index (χ3n) is 2.96. The molecule has 0 aromatic carbocycles. The summed E-state index contributed by atoms with van der Waals surface area (Å²) in [6.45, 7) is 9.12. The van der Waals surface area contributed by atoms with Crippen molar-refractivity contribution < 1.29 is 4.79 Å². The predicted octanol–water partition coefficient (Wildman–Crippen LogP) is 2.01. The lowest BCUT2D eigenvalue weighted by Crippen LogP contribution is -2.53. The molecule has 16 heavy (non-hydrogen) atoms. The first-order chi connectivity index (χ1) is 7.46. The van der Waals surface area contributed by atoms with Gasteiger partial charge in [-0.25, -0.2) is 0 Å². The van der Waals surface area contributed by atoms with E-state index in [0.29, 0.717) is 0 Å². The van der Waals surface area contributed by atoms with Crippen molar-refractivity contribution >= 4 is 17.7 Å². The summed E-state index contributed by atoms with van der Waals surface area (Å²) in [5.41, 5.74) is 4.87. The molecule has 0 aliphatic carbocycles. The predicted molar refractivity (Wildman–Crippen MR) is 72.7 cm³/mol. The lowest BCUT2D eigenvalue weighted by Gasteiger charge is -2.26. The number of hydrogen-bond acceptors (Lipinski definition) is 3. The van der Waals surface area contributed by atoms with Gasteiger partial charge in [-0.15, -0.1) is 0 Å². The minimum absolute atomic E-state index is 0.251. The minimum atomic E-state index is -0.544. The molecule has 0 fully saturated rings. The Balaban J connectivity index is 3.90. The molecule has 1 amide bonds. The zero-order valence-electron chi connectivity index (χ0n) is 11.0. The Morgan fingerprint density at radius 3 is 2.56 bits per heavy atom. The first kappa shape index (κ1) is 15.8. The third kappa shape index (κ3) is 5.75. The summed E-state index contributed by atoms with van der Waals surface area (Å²) in [4.78, 5) is 11.3. The summed E-state index contributed by atoms with van der Waals surface area (Å²) in [5, 5.41) is 3.17. The van der Waals surface area contributed by atoms with Crippen LogP contribution in [0, 0.1) is 5.92 Å². The summed E-state index contributed by atoms with van der Waals surface area (Å²) in [7, 11) is 0. The Labute approximate surface area is 104 Å². The monoisotopic (exact) mass is 246 g/mol. The molecule has 2 unspecified atom stereocenters. The lowest BCUT2D eigenvalue weighted by molar-refractivity contribution is -0.123. The second-order valence-electron chi connectivity index (χ2n) is 4.57. The fourth-order valence-corrected chi connectivity index (χ4v) is 2.72. The summed E-state index contributed by atoms with van der Waals surface area (Å²) in [6.07, 6.45) is 2.02. The van der Waals surface area contributed by atoms with Gasteiger partial charge in [-0.05, 0) is 37.3 Å². The van der Waals surface area contributed by atoms with Crippen LogP contribution in [0.4, 0.5) is 0 Å². The number of rotatable bonds is 9. The highest BCUT2D eigenvalue weighted by molar-refractivity contribution is 7.99. The number of nitrogens with one attached hydrogen (secondary N) is 1. The van der Waals surface area contributed by atoms with Crippen LogP contribution in [0.5, 0.6) is 0 Å². The van der Waals surface area contributed by atoms with Gasteiger partial charge in [-0.2, -0.15) is 11.8 Å². The summed E-state index contributed by atoms with van der Waals surface area (Å²) >= 11 is 1.91. The van der Waals surface area contributed by atoms with E-state index in [-0.39, 0.29) is 5.91 Å². The van der Waals surface area contributed by atoms with Gasteiger partial charge in [0.2, 0.25) is 5.91 Å². The average molecular weight is 246 g/mol. The Morgan fingerprint density at radius 1 is 1.50 bits per heavy atom. The van der Waals surface area contributed by atoms with Gasteiger partial charge in [0, 0.05) is 0 Å². The molecular weight excluding hydrogens is 220 g/mol. The quantitative estimate of drug-likeness (QED) is 0.612. The Morgan fingerprint density at radius 2 is 2.12 bits per heavy atom. The van der Waals surface area contributed by atoms with Gasteiger partial charge in [0.15, 0.2) is 0 Å². The van der Waals surface area contributed by atoms with E-state index in [9.17, 15) is 4.79 Å². The maximum Gasteiger partial charge on any atom is 0.237 e. The highest BCUT2D eigenvalue weighted by atomic mass is 32.2. The van der Waals surface area contributed by atoms with Crippen molar-refractivity contribution in [3.63, 3.8) is 0 Å². The van der Waals surface area contributed by atoms with E-state index in [1.165, 1.54) is 6.42 Å². The van der Waals surface area contributed by atoms with Crippen molar-refractivity contribution in [2.45, 2.75) is 46.1 Å². The molecule has 2 atom stereocenters. The molecule has 3 N–H and O–H groups in total. The van der Waals surface area contributed by atoms with Gasteiger partial charge in [-0.3, -0.25) is 4.79 Å². The summed E-state index contributed by atoms with van der Waals surface area (Å²) in [5.74, 6) is 2.65. The zero-order valence-corrected chi connectivity index (χ0v) is 11.8. The molecule has 96 valence electrons. The maximum atomic E-state index is 11.3. The van der Waals surface area contributed by atoms with Crippen molar-refractivity contribution in [3.05, 3.63) is 0 Å². The van der Waals surface area contributed by atoms with E-state index in [1.807, 2.05) is 25.6 Å². The Kier molecular flexibility index (Phi) is 7.85. The number of primary amides is 1. The number of carbonyl (C=O) groups is 1. The molecule has 4 heteroatoms. The fraction of sp³-hybridized carbons (Fsp3) is 0.917. The number of likely N-dealkylation sites (N-methyl/N-ethyl adjacent to an activating group) is 1. The molecule has 0 aromatic rings. The van der Waals surface area contributed by atoms with Crippen LogP contribution >= 0.6 is 11.8 Å². The van der Waals surface area contributed by atoms with Crippen LogP contribution in [0.3, 0.4) is 0 Å². The van der Waals surface area contributed by atoms with E-state index in [0.717, 1.165) is 30.4 Å². The van der Waals surface area contributed by atoms with E-state index in [2.05, 4.69) is 19.2 Å². The first-order valence-corrected chi connectivity index (χ1v) is 7.24. The number of carbonyl (C=O) groups excluding carboxylic acids is 1. The SMILES string of the molecule is CCNC(C)(CCSCC(C)CC)C(N)=O. The maximum absolute atomic E-state index is 11.3. The largest absolute Gasteiger partial charge is 0.368 e. The topological polar surface area (TPSA) is 55.1 Å². The number of nitrogens with two attached hydrogens (primary N) is 1. The molecular formula is C12H26N2OS. The van der Waals surface area contributed by atoms with Crippen LogP contribution in [-0.2, 0) is 4.79 Å². The van der Waals surface area contributed by atoms with Gasteiger partial charge in [0.05, 0.1) is 5.54 Å². The molecule has 0 aliphatic rings. The average Bonchev–Trinajstić information content (AvgIpc) is 2.24. The molecule has 0 bridgehead atoms. The second-order valence-corrected chi connectivity index (χ2v) is 5.71. The number of thioether (sulfide) groups is 1. The molecule has 0 spiro atoms. The molecule has 3 nitrogen and oxygen atoms in total. The molecule has 0 saturated heterocycles. The van der Waals surface area contributed by atoms with Crippen LogP contribution < -0.4 is 11.1 Å². The van der Waals surface area contributed by atoms with Gasteiger partial charge >= 0.3 is 0 Å². The zero-order chi connectivity index (χ0) is 12.6. The first-order valence-electron chi connectivity index (χ1n) is 6.09. The van der Waals surface area contributed by atoms with Crippen LogP contribution in [0.25, 0.3) is 0 Å². The van der Waals surface area contributed by atoms with E-state index >= 15 is 0 Å². The van der Waals surface area contributed by atoms with Gasteiger partial charge in [0.25, 0.3) is 0 Å². The van der Waals surface area contributed by atoms with E-state index in [4.69, 9.17) is 5.73 Å². The molecule has 0 aromatic heterocycles. The third-order valence-corrected chi connectivity index (χ3v) is 4.25. The number of hydrogen-bond donors (Lipinski definition) is 2. The standard InChI is InChI=1S/C12H26N2OS/c1-5-10(3)9-16-8-7-12(4,11(13)15)14-6-2/h10,14H,5-9H2,1-4H3,(H2,13,15). The van der Waals surface area contributed by atoms with Gasteiger partial charge in [0.1, 0.15) is 0 Å². The van der Waals surface area contributed by atoms with Crippen molar-refractivity contribution in [2.75, 3.05) is 18.1 Å². The smallest absolute Gasteiger partial charge is 0.237 e. The molecule has 0 aliphatic heterocycles. The van der Waals surface area contributed by atoms with Gasteiger partial charge < -0.3 is 11.1 Å². The summed E-state index contributed by atoms with van der Waals surface area (Å²) in [6, 6.07) is 0. The van der Waals surface area contributed by atoms with Crippen LogP contribution in [0.15, 0.2) is 0 Å². The molecule has 0 heterocycles. The Bertz CT molecular complexity index is 211. The molecule has 0 rings (SSSR count). The molecule has 0 radical (unpaired) electrons.